The highest BCUT2D eigenvalue weighted by Gasteiger charge is 2.16. The Labute approximate surface area is 113 Å². The van der Waals surface area contributed by atoms with Crippen LogP contribution in [0.2, 0.25) is 5.31 Å². The molecule has 0 aromatic carbocycles. The molecule has 0 aromatic rings. The largest absolute Gasteiger partial charge is 0.132 e. The zero-order valence-electron chi connectivity index (χ0n) is 11.4. The van der Waals surface area contributed by atoms with E-state index in [0.717, 1.165) is 11.1 Å². The molecule has 0 spiro atoms. The summed E-state index contributed by atoms with van der Waals surface area (Å²) in [6.07, 6.45) is 11.9. The van der Waals surface area contributed by atoms with Crippen molar-refractivity contribution in [3.8, 4) is 0 Å². The Hall–Kier alpha value is -1.39. The molecule has 0 nitrogen and oxygen atoms in total. The van der Waals surface area contributed by atoms with Crippen molar-refractivity contribution < 1.29 is 0 Å². The Morgan fingerprint density at radius 2 is 1.83 bits per heavy atom. The van der Waals surface area contributed by atoms with Crippen LogP contribution in [0.3, 0.4) is 0 Å². The van der Waals surface area contributed by atoms with Gasteiger partial charge in [0.15, 0.2) is 0 Å². The van der Waals surface area contributed by atoms with E-state index < -0.39 is 5.31 Å². The standard InChI is InChI=1S/C16H18B2/c1-5-8-15(2,3)11-13-6-9-16(4,18)10-7-14(13)12-17/h6-12H,1H2,2-4H3/b13-11-,14-12+. The number of hydrogen-bond donors (Lipinski definition) is 0. The van der Waals surface area contributed by atoms with Crippen molar-refractivity contribution in [3.05, 3.63) is 65.9 Å². The topological polar surface area (TPSA) is 0 Å². The van der Waals surface area contributed by atoms with Gasteiger partial charge in [-0.1, -0.05) is 57.7 Å². The lowest BCUT2D eigenvalue weighted by Crippen LogP contribution is -2.04. The smallest absolute Gasteiger partial charge is 0.103 e. The molecule has 0 heterocycles. The second-order valence-electron chi connectivity index (χ2n) is 5.42. The Morgan fingerprint density at radius 1 is 1.28 bits per heavy atom. The molecule has 1 aliphatic rings. The van der Waals surface area contributed by atoms with E-state index in [1.54, 1.807) is 5.98 Å². The van der Waals surface area contributed by atoms with Crippen LogP contribution in [0.5, 0.6) is 0 Å². The molecule has 0 N–H and O–H groups in total. The molecule has 1 rings (SSSR count). The lowest BCUT2D eigenvalue weighted by Gasteiger charge is -2.16. The highest BCUT2D eigenvalue weighted by molar-refractivity contribution is 6.19. The summed E-state index contributed by atoms with van der Waals surface area (Å²) >= 11 is 0. The molecule has 0 saturated heterocycles. The first kappa shape index (κ1) is 14.7. The zero-order chi connectivity index (χ0) is 13.8. The first-order valence-corrected chi connectivity index (χ1v) is 5.99. The summed E-state index contributed by atoms with van der Waals surface area (Å²) in [6, 6.07) is 0. The van der Waals surface area contributed by atoms with Crippen LogP contribution in [0.15, 0.2) is 65.9 Å². The van der Waals surface area contributed by atoms with Gasteiger partial charge in [-0.3, -0.25) is 0 Å². The summed E-state index contributed by atoms with van der Waals surface area (Å²) in [7, 11) is 11.8. The summed E-state index contributed by atoms with van der Waals surface area (Å²) in [6.45, 7) is 9.76. The van der Waals surface area contributed by atoms with Crippen molar-refractivity contribution in [1.29, 1.82) is 0 Å². The second kappa shape index (κ2) is 5.50. The molecule has 0 bridgehead atoms. The Bertz CT molecular complexity index is 479. The predicted octanol–water partition coefficient (Wildman–Crippen LogP) is 3.81. The van der Waals surface area contributed by atoms with Gasteiger partial charge >= 0.3 is 0 Å². The molecule has 1 atom stereocenters. The first-order valence-electron chi connectivity index (χ1n) is 5.99. The second-order valence-corrected chi connectivity index (χ2v) is 5.42. The Balaban J connectivity index is 3.26. The highest BCUT2D eigenvalue weighted by Crippen LogP contribution is 2.33. The normalized spacial score (nSPS) is 28.2. The van der Waals surface area contributed by atoms with Crippen molar-refractivity contribution >= 4 is 15.7 Å². The molecular weight excluding hydrogens is 214 g/mol. The van der Waals surface area contributed by atoms with Crippen LogP contribution in [0, 0.1) is 5.41 Å². The van der Waals surface area contributed by atoms with E-state index in [0.29, 0.717) is 0 Å². The van der Waals surface area contributed by atoms with Crippen LogP contribution in [-0.2, 0) is 0 Å². The van der Waals surface area contributed by atoms with Crippen LogP contribution in [0.1, 0.15) is 20.8 Å². The van der Waals surface area contributed by atoms with E-state index in [-0.39, 0.29) is 5.41 Å². The quantitative estimate of drug-likeness (QED) is 0.501. The van der Waals surface area contributed by atoms with Crippen LogP contribution in [-0.4, -0.2) is 15.7 Å². The summed E-state index contributed by atoms with van der Waals surface area (Å²) < 4.78 is 0. The first-order chi connectivity index (χ1) is 8.29. The van der Waals surface area contributed by atoms with Gasteiger partial charge in [0.05, 0.1) is 7.85 Å². The van der Waals surface area contributed by atoms with E-state index in [9.17, 15) is 0 Å². The molecule has 88 valence electrons. The molecule has 1 aliphatic carbocycles. The van der Waals surface area contributed by atoms with Gasteiger partial charge in [0.25, 0.3) is 0 Å². The van der Waals surface area contributed by atoms with Crippen LogP contribution < -0.4 is 0 Å². The van der Waals surface area contributed by atoms with Gasteiger partial charge in [-0.15, -0.1) is 11.7 Å². The minimum absolute atomic E-state index is 0.126. The van der Waals surface area contributed by atoms with Crippen molar-refractivity contribution in [2.75, 3.05) is 0 Å². The number of allylic oxidation sites excluding steroid dienone is 8. The highest BCUT2D eigenvalue weighted by atomic mass is 14.2. The molecule has 0 amide bonds. The van der Waals surface area contributed by atoms with E-state index in [4.69, 9.17) is 15.7 Å². The molecule has 0 fully saturated rings. The van der Waals surface area contributed by atoms with Crippen molar-refractivity contribution in [3.63, 3.8) is 0 Å². The monoisotopic (exact) mass is 232 g/mol. The van der Waals surface area contributed by atoms with Gasteiger partial charge in [0.2, 0.25) is 0 Å². The van der Waals surface area contributed by atoms with E-state index in [1.807, 2.05) is 37.3 Å². The summed E-state index contributed by atoms with van der Waals surface area (Å²) in [5.41, 5.74) is 4.72. The Kier molecular flexibility index (Phi) is 4.48. The fraction of sp³-hybridized carbons (Fsp3) is 0.312. The van der Waals surface area contributed by atoms with E-state index in [1.165, 1.54) is 0 Å². The molecule has 4 radical (unpaired) electrons. The molecule has 2 heteroatoms. The van der Waals surface area contributed by atoms with Gasteiger partial charge in [-0.2, -0.15) is 0 Å². The molecular formula is C16H18B2. The molecule has 0 aromatic heterocycles. The van der Waals surface area contributed by atoms with Gasteiger partial charge in [0.1, 0.15) is 7.85 Å². The Morgan fingerprint density at radius 3 is 2.33 bits per heavy atom. The molecule has 0 saturated carbocycles. The molecule has 0 aliphatic heterocycles. The van der Waals surface area contributed by atoms with E-state index in [2.05, 4.69) is 32.2 Å². The van der Waals surface area contributed by atoms with Gasteiger partial charge < -0.3 is 0 Å². The summed E-state index contributed by atoms with van der Waals surface area (Å²) in [5, 5.41) is -0.442. The average molecular weight is 232 g/mol. The number of rotatable bonds is 2. The maximum atomic E-state index is 6.08. The summed E-state index contributed by atoms with van der Waals surface area (Å²) in [5.74, 6) is 1.60. The molecule has 1 unspecified atom stereocenters. The zero-order valence-corrected chi connectivity index (χ0v) is 11.4. The lowest BCUT2D eigenvalue weighted by atomic mass is 9.70. The SMILES string of the molecule is [B]/C=C1\C=CC([B])(C)C=C\C1=C\C(C)(C)C=C=C. The van der Waals surface area contributed by atoms with Gasteiger partial charge in [-0.05, 0) is 22.5 Å². The summed E-state index contributed by atoms with van der Waals surface area (Å²) in [4.78, 5) is 0. The maximum absolute atomic E-state index is 6.08. The third kappa shape index (κ3) is 4.13. The van der Waals surface area contributed by atoms with Crippen LogP contribution >= 0.6 is 0 Å². The van der Waals surface area contributed by atoms with Gasteiger partial charge in [-0.25, -0.2) is 0 Å². The van der Waals surface area contributed by atoms with Crippen LogP contribution in [0.4, 0.5) is 0 Å². The van der Waals surface area contributed by atoms with E-state index >= 15 is 0 Å². The maximum Gasteiger partial charge on any atom is 0.103 e. The average Bonchev–Trinajstić information content (AvgIpc) is 2.38. The minimum atomic E-state index is -0.442. The predicted molar refractivity (Wildman–Crippen MR) is 81.8 cm³/mol. The van der Waals surface area contributed by atoms with Crippen molar-refractivity contribution in [2.45, 2.75) is 26.1 Å². The number of hydrogen-bond acceptors (Lipinski definition) is 0. The molecule has 18 heavy (non-hydrogen) atoms. The fourth-order valence-electron chi connectivity index (χ4n) is 1.78. The minimum Gasteiger partial charge on any atom is -0.132 e. The third-order valence-corrected chi connectivity index (χ3v) is 2.76. The van der Waals surface area contributed by atoms with Crippen molar-refractivity contribution in [2.24, 2.45) is 5.41 Å². The fourth-order valence-corrected chi connectivity index (χ4v) is 1.78. The lowest BCUT2D eigenvalue weighted by molar-refractivity contribution is 0.624. The van der Waals surface area contributed by atoms with Crippen LogP contribution in [0.25, 0.3) is 0 Å². The van der Waals surface area contributed by atoms with Gasteiger partial charge in [0, 0.05) is 5.41 Å². The van der Waals surface area contributed by atoms with Crippen molar-refractivity contribution in [1.82, 2.24) is 0 Å². The third-order valence-electron chi connectivity index (χ3n) is 2.76.